The number of rotatable bonds is 5. The molecule has 0 aromatic heterocycles. The lowest BCUT2D eigenvalue weighted by atomic mass is 9.74. The number of halogens is 1. The van der Waals surface area contributed by atoms with Crippen LogP contribution >= 0.6 is 0 Å². The lowest BCUT2D eigenvalue weighted by Gasteiger charge is -2.38. The first-order chi connectivity index (χ1) is 12.0. The van der Waals surface area contributed by atoms with Crippen molar-refractivity contribution in [2.24, 2.45) is 0 Å². The van der Waals surface area contributed by atoms with Crippen molar-refractivity contribution in [3.8, 4) is 0 Å². The molecule has 0 atom stereocenters. The predicted octanol–water partition coefficient (Wildman–Crippen LogP) is 2.58. The molecule has 3 rings (SSSR count). The highest BCUT2D eigenvalue weighted by molar-refractivity contribution is 7.87. The molecule has 1 aromatic carbocycles. The van der Waals surface area contributed by atoms with E-state index in [1.165, 1.54) is 12.1 Å². The maximum atomic E-state index is 13.7. The first kappa shape index (κ1) is 18.8. The molecule has 0 spiro atoms. The third-order valence-corrected chi connectivity index (χ3v) is 6.94. The lowest BCUT2D eigenvalue weighted by molar-refractivity contribution is 0.0514. The SMILES string of the molecule is O=S(=O)(NCC1(c2cccc(F)c2)CCOCC1)N1CCCCCC1. The van der Waals surface area contributed by atoms with Crippen molar-refractivity contribution in [3.05, 3.63) is 35.6 Å². The Morgan fingerprint density at radius 1 is 1.12 bits per heavy atom. The molecule has 140 valence electrons. The van der Waals surface area contributed by atoms with Crippen molar-refractivity contribution in [1.29, 1.82) is 0 Å². The Morgan fingerprint density at radius 2 is 1.80 bits per heavy atom. The van der Waals surface area contributed by atoms with Crippen LogP contribution in [0.4, 0.5) is 4.39 Å². The summed E-state index contributed by atoms with van der Waals surface area (Å²) in [5, 5.41) is 0. The normalized spacial score (nSPS) is 22.4. The Bertz CT molecular complexity index is 667. The molecule has 2 aliphatic rings. The van der Waals surface area contributed by atoms with Crippen molar-refractivity contribution in [1.82, 2.24) is 9.03 Å². The van der Waals surface area contributed by atoms with Crippen LogP contribution in [0.3, 0.4) is 0 Å². The van der Waals surface area contributed by atoms with Crippen molar-refractivity contribution >= 4 is 10.2 Å². The monoisotopic (exact) mass is 370 g/mol. The molecular formula is C18H27FN2O3S. The summed E-state index contributed by atoms with van der Waals surface area (Å²) in [5.41, 5.74) is 0.425. The Kier molecular flexibility index (Phi) is 6.09. The van der Waals surface area contributed by atoms with Gasteiger partial charge in [0.05, 0.1) is 0 Å². The first-order valence-corrected chi connectivity index (χ1v) is 10.5. The quantitative estimate of drug-likeness (QED) is 0.867. The summed E-state index contributed by atoms with van der Waals surface area (Å²) >= 11 is 0. The van der Waals surface area contributed by atoms with Gasteiger partial charge < -0.3 is 4.74 Å². The molecule has 7 heteroatoms. The fourth-order valence-electron chi connectivity index (χ4n) is 3.75. The van der Waals surface area contributed by atoms with E-state index in [-0.39, 0.29) is 12.4 Å². The number of hydrogen-bond acceptors (Lipinski definition) is 3. The van der Waals surface area contributed by atoms with Crippen LogP contribution < -0.4 is 4.72 Å². The van der Waals surface area contributed by atoms with E-state index in [9.17, 15) is 12.8 Å². The van der Waals surface area contributed by atoms with Crippen LogP contribution in [0.1, 0.15) is 44.1 Å². The van der Waals surface area contributed by atoms with Crippen molar-refractivity contribution in [3.63, 3.8) is 0 Å². The van der Waals surface area contributed by atoms with Crippen LogP contribution in [0, 0.1) is 5.82 Å². The fraction of sp³-hybridized carbons (Fsp3) is 0.667. The van der Waals surface area contributed by atoms with Crippen LogP contribution in [0.5, 0.6) is 0 Å². The average molecular weight is 370 g/mol. The topological polar surface area (TPSA) is 58.6 Å². The number of hydrogen-bond donors (Lipinski definition) is 1. The van der Waals surface area contributed by atoms with E-state index < -0.39 is 15.6 Å². The second-order valence-corrected chi connectivity index (χ2v) is 8.80. The first-order valence-electron chi connectivity index (χ1n) is 9.10. The smallest absolute Gasteiger partial charge is 0.279 e. The van der Waals surface area contributed by atoms with E-state index in [4.69, 9.17) is 4.74 Å². The third kappa shape index (κ3) is 4.58. The largest absolute Gasteiger partial charge is 0.381 e. The summed E-state index contributed by atoms with van der Waals surface area (Å²) in [6.45, 7) is 2.54. The maximum Gasteiger partial charge on any atom is 0.279 e. The van der Waals surface area contributed by atoms with E-state index in [0.717, 1.165) is 31.2 Å². The molecule has 0 bridgehead atoms. The highest BCUT2D eigenvalue weighted by atomic mass is 32.2. The molecule has 2 aliphatic heterocycles. The fourth-order valence-corrected chi connectivity index (χ4v) is 5.13. The number of benzene rings is 1. The molecule has 1 aromatic rings. The molecular weight excluding hydrogens is 343 g/mol. The Hall–Kier alpha value is -1.02. The molecule has 1 N–H and O–H groups in total. The van der Waals surface area contributed by atoms with Crippen molar-refractivity contribution in [2.75, 3.05) is 32.8 Å². The molecule has 0 radical (unpaired) electrons. The predicted molar refractivity (Wildman–Crippen MR) is 95.1 cm³/mol. The minimum absolute atomic E-state index is 0.276. The summed E-state index contributed by atoms with van der Waals surface area (Å²) in [5.74, 6) is -0.293. The van der Waals surface area contributed by atoms with Crippen LogP contribution in [0.25, 0.3) is 0 Å². The molecule has 2 saturated heterocycles. The van der Waals surface area contributed by atoms with Gasteiger partial charge >= 0.3 is 0 Å². The zero-order valence-corrected chi connectivity index (χ0v) is 15.4. The van der Waals surface area contributed by atoms with Crippen LogP contribution in [0.2, 0.25) is 0 Å². The van der Waals surface area contributed by atoms with E-state index in [0.29, 0.717) is 39.1 Å². The molecule has 0 aliphatic carbocycles. The summed E-state index contributed by atoms with van der Waals surface area (Å²) < 4.78 is 49.0. The van der Waals surface area contributed by atoms with Gasteiger partial charge in [0, 0.05) is 38.3 Å². The minimum atomic E-state index is -3.51. The molecule has 2 heterocycles. The van der Waals surface area contributed by atoms with Crippen LogP contribution in [0.15, 0.2) is 24.3 Å². The van der Waals surface area contributed by atoms with Gasteiger partial charge in [-0.15, -0.1) is 0 Å². The van der Waals surface area contributed by atoms with Gasteiger partial charge in [-0.3, -0.25) is 0 Å². The Balaban J connectivity index is 1.76. The standard InChI is InChI=1S/C18H27FN2O3S/c19-17-7-5-6-16(14-17)18(8-12-24-13-9-18)15-20-25(22,23)21-10-3-1-2-4-11-21/h5-7,14,20H,1-4,8-13,15H2. The third-order valence-electron chi connectivity index (χ3n) is 5.38. The highest BCUT2D eigenvalue weighted by Gasteiger charge is 2.36. The summed E-state index contributed by atoms with van der Waals surface area (Å²) in [4.78, 5) is 0. The molecule has 5 nitrogen and oxygen atoms in total. The average Bonchev–Trinajstić information content (AvgIpc) is 2.91. The van der Waals surface area contributed by atoms with E-state index in [1.807, 2.05) is 6.07 Å². The van der Waals surface area contributed by atoms with Crippen LogP contribution in [-0.4, -0.2) is 45.6 Å². The highest BCUT2D eigenvalue weighted by Crippen LogP contribution is 2.35. The van der Waals surface area contributed by atoms with Gasteiger partial charge in [-0.05, 0) is 43.4 Å². The van der Waals surface area contributed by atoms with Crippen LogP contribution in [-0.2, 0) is 20.4 Å². The van der Waals surface area contributed by atoms with Gasteiger partial charge in [-0.1, -0.05) is 25.0 Å². The second kappa shape index (κ2) is 8.12. The van der Waals surface area contributed by atoms with Gasteiger partial charge in [-0.25, -0.2) is 9.11 Å². The lowest BCUT2D eigenvalue weighted by Crippen LogP contribution is -2.49. The van der Waals surface area contributed by atoms with Gasteiger partial charge in [0.2, 0.25) is 0 Å². The Labute approximate surface area is 149 Å². The summed E-state index contributed by atoms with van der Waals surface area (Å²) in [7, 11) is -3.51. The summed E-state index contributed by atoms with van der Waals surface area (Å²) in [6.07, 6.45) is 5.33. The zero-order valence-electron chi connectivity index (χ0n) is 14.5. The molecule has 25 heavy (non-hydrogen) atoms. The second-order valence-electron chi connectivity index (χ2n) is 7.04. The number of nitrogens with zero attached hydrogens (tertiary/aromatic N) is 1. The zero-order chi connectivity index (χ0) is 17.8. The molecule has 0 unspecified atom stereocenters. The van der Waals surface area contributed by atoms with Gasteiger partial charge in [0.15, 0.2) is 0 Å². The van der Waals surface area contributed by atoms with Gasteiger partial charge in [0.25, 0.3) is 10.2 Å². The molecule has 2 fully saturated rings. The number of ether oxygens (including phenoxy) is 1. The van der Waals surface area contributed by atoms with E-state index in [1.54, 1.807) is 10.4 Å². The van der Waals surface area contributed by atoms with Crippen molar-refractivity contribution in [2.45, 2.75) is 43.9 Å². The minimum Gasteiger partial charge on any atom is -0.381 e. The molecule has 0 amide bonds. The van der Waals surface area contributed by atoms with Gasteiger partial charge in [-0.2, -0.15) is 12.7 Å². The van der Waals surface area contributed by atoms with E-state index in [2.05, 4.69) is 4.72 Å². The Morgan fingerprint density at radius 3 is 2.44 bits per heavy atom. The summed E-state index contributed by atoms with van der Waals surface area (Å²) in [6, 6.07) is 6.50. The van der Waals surface area contributed by atoms with Crippen molar-refractivity contribution < 1.29 is 17.5 Å². The number of nitrogens with one attached hydrogen (secondary N) is 1. The van der Waals surface area contributed by atoms with E-state index >= 15 is 0 Å². The maximum absolute atomic E-state index is 13.7. The van der Waals surface area contributed by atoms with Gasteiger partial charge in [0.1, 0.15) is 5.82 Å². The molecule has 0 saturated carbocycles.